The van der Waals surface area contributed by atoms with E-state index >= 15 is 0 Å². The summed E-state index contributed by atoms with van der Waals surface area (Å²) in [5.41, 5.74) is 10.5. The van der Waals surface area contributed by atoms with E-state index in [1.807, 2.05) is 12.1 Å². The quantitative estimate of drug-likeness (QED) is 0.825. The van der Waals surface area contributed by atoms with Crippen LogP contribution in [0.2, 0.25) is 0 Å². The third kappa shape index (κ3) is 1.75. The van der Waals surface area contributed by atoms with Gasteiger partial charge in [-0.3, -0.25) is 0 Å². The van der Waals surface area contributed by atoms with Crippen molar-refractivity contribution >= 4 is 16.6 Å². The van der Waals surface area contributed by atoms with Gasteiger partial charge in [-0.05, 0) is 31.9 Å². The van der Waals surface area contributed by atoms with Crippen LogP contribution in [-0.2, 0) is 6.54 Å². The van der Waals surface area contributed by atoms with Crippen molar-refractivity contribution in [3.8, 4) is 5.75 Å². The molecule has 1 aromatic heterocycles. The fourth-order valence-electron chi connectivity index (χ4n) is 2.38. The second-order valence-corrected chi connectivity index (χ2v) is 4.47. The van der Waals surface area contributed by atoms with Crippen LogP contribution in [0.15, 0.2) is 12.1 Å². The molecule has 1 heterocycles. The molecule has 0 radical (unpaired) electrons. The van der Waals surface area contributed by atoms with E-state index in [0.717, 1.165) is 18.7 Å². The van der Waals surface area contributed by atoms with Crippen molar-refractivity contribution in [3.63, 3.8) is 0 Å². The highest BCUT2D eigenvalue weighted by atomic mass is 16.5. The van der Waals surface area contributed by atoms with Crippen LogP contribution in [-0.4, -0.2) is 11.7 Å². The predicted molar refractivity (Wildman–Crippen MR) is 72.7 cm³/mol. The molecule has 0 unspecified atom stereocenters. The minimum atomic E-state index is 0.705. The van der Waals surface area contributed by atoms with E-state index in [2.05, 4.69) is 25.3 Å². The fourth-order valence-corrected chi connectivity index (χ4v) is 2.38. The minimum Gasteiger partial charge on any atom is -0.495 e. The molecule has 0 aliphatic carbocycles. The summed E-state index contributed by atoms with van der Waals surface area (Å²) < 4.78 is 7.64. The van der Waals surface area contributed by atoms with E-state index in [4.69, 9.17) is 10.5 Å². The number of nitrogens with zero attached hydrogens (tertiary/aromatic N) is 1. The maximum atomic E-state index is 5.97. The molecule has 92 valence electrons. The van der Waals surface area contributed by atoms with Gasteiger partial charge in [-0.1, -0.05) is 6.92 Å². The number of nitrogens with two attached hydrogens (primary N) is 1. The van der Waals surface area contributed by atoms with E-state index in [0.29, 0.717) is 5.69 Å². The lowest BCUT2D eigenvalue weighted by Gasteiger charge is -2.08. The van der Waals surface area contributed by atoms with Crippen molar-refractivity contribution in [1.29, 1.82) is 0 Å². The van der Waals surface area contributed by atoms with E-state index in [1.54, 1.807) is 7.11 Å². The monoisotopic (exact) mass is 232 g/mol. The van der Waals surface area contributed by atoms with Crippen molar-refractivity contribution in [2.75, 3.05) is 12.8 Å². The summed E-state index contributed by atoms with van der Waals surface area (Å²) in [6, 6.07) is 4.06. The number of hydrogen-bond acceptors (Lipinski definition) is 2. The lowest BCUT2D eigenvalue weighted by molar-refractivity contribution is 0.417. The van der Waals surface area contributed by atoms with Gasteiger partial charge < -0.3 is 15.0 Å². The number of hydrogen-bond donors (Lipinski definition) is 1. The molecular formula is C14H20N2O. The van der Waals surface area contributed by atoms with Crippen LogP contribution in [0.1, 0.15) is 24.6 Å². The minimum absolute atomic E-state index is 0.705. The molecule has 0 aliphatic rings. The molecule has 0 bridgehead atoms. The lowest BCUT2D eigenvalue weighted by Crippen LogP contribution is -1.99. The van der Waals surface area contributed by atoms with Gasteiger partial charge in [0.05, 0.1) is 18.3 Å². The highest BCUT2D eigenvalue weighted by Crippen LogP contribution is 2.33. The molecule has 1 aromatic carbocycles. The van der Waals surface area contributed by atoms with Gasteiger partial charge in [-0.2, -0.15) is 0 Å². The molecule has 0 amide bonds. The highest BCUT2D eigenvalue weighted by molar-refractivity contribution is 5.90. The molecule has 2 rings (SSSR count). The Morgan fingerprint density at radius 3 is 2.59 bits per heavy atom. The molecule has 0 saturated heterocycles. The molecule has 0 spiro atoms. The second-order valence-electron chi connectivity index (χ2n) is 4.47. The van der Waals surface area contributed by atoms with E-state index in [9.17, 15) is 0 Å². The molecule has 2 N–H and O–H groups in total. The van der Waals surface area contributed by atoms with Crippen molar-refractivity contribution in [3.05, 3.63) is 23.4 Å². The number of anilines is 1. The van der Waals surface area contributed by atoms with Crippen LogP contribution < -0.4 is 10.5 Å². The van der Waals surface area contributed by atoms with Crippen LogP contribution in [0.3, 0.4) is 0 Å². The van der Waals surface area contributed by atoms with Crippen LogP contribution in [0.4, 0.5) is 5.69 Å². The zero-order valence-corrected chi connectivity index (χ0v) is 11.0. The first-order chi connectivity index (χ1) is 8.10. The maximum Gasteiger partial charge on any atom is 0.143 e. The summed E-state index contributed by atoms with van der Waals surface area (Å²) in [5.74, 6) is 0.757. The van der Waals surface area contributed by atoms with E-state index in [-0.39, 0.29) is 0 Å². The first-order valence-electron chi connectivity index (χ1n) is 6.03. The summed E-state index contributed by atoms with van der Waals surface area (Å²) in [4.78, 5) is 0. The summed E-state index contributed by atoms with van der Waals surface area (Å²) >= 11 is 0. The average molecular weight is 232 g/mol. The molecule has 0 fully saturated rings. The zero-order valence-electron chi connectivity index (χ0n) is 11.0. The number of methoxy groups -OCH3 is 1. The van der Waals surface area contributed by atoms with Gasteiger partial charge in [-0.15, -0.1) is 0 Å². The molecule has 2 aromatic rings. The number of aromatic nitrogens is 1. The van der Waals surface area contributed by atoms with E-state index in [1.165, 1.54) is 22.2 Å². The summed E-state index contributed by atoms with van der Waals surface area (Å²) in [7, 11) is 1.66. The van der Waals surface area contributed by atoms with Crippen LogP contribution in [0.25, 0.3) is 10.9 Å². The van der Waals surface area contributed by atoms with Gasteiger partial charge in [-0.25, -0.2) is 0 Å². The summed E-state index contributed by atoms with van der Waals surface area (Å²) in [6.45, 7) is 7.53. The van der Waals surface area contributed by atoms with Crippen LogP contribution in [0, 0.1) is 13.8 Å². The molecule has 3 nitrogen and oxygen atoms in total. The van der Waals surface area contributed by atoms with Gasteiger partial charge in [0.15, 0.2) is 0 Å². The summed E-state index contributed by atoms with van der Waals surface area (Å²) in [5, 5.41) is 1.23. The smallest absolute Gasteiger partial charge is 0.143 e. The number of nitrogen functional groups attached to an aromatic ring is 1. The first-order valence-corrected chi connectivity index (χ1v) is 6.03. The Morgan fingerprint density at radius 2 is 2.00 bits per heavy atom. The lowest BCUT2D eigenvalue weighted by atomic mass is 10.1. The number of ether oxygens (including phenoxy) is 1. The maximum absolute atomic E-state index is 5.97. The van der Waals surface area contributed by atoms with Crippen molar-refractivity contribution in [2.45, 2.75) is 33.7 Å². The average Bonchev–Trinajstić information content (AvgIpc) is 2.54. The molecule has 0 aliphatic heterocycles. The fraction of sp³-hybridized carbons (Fsp3) is 0.429. The van der Waals surface area contributed by atoms with Crippen LogP contribution in [0.5, 0.6) is 5.75 Å². The summed E-state index contributed by atoms with van der Waals surface area (Å²) in [6.07, 6.45) is 1.12. The SMILES string of the molecule is CCCn1c(C)c(C)c2cc(N)c(OC)cc21. The standard InChI is InChI=1S/C14H20N2O/c1-5-6-16-10(3)9(2)11-7-12(15)14(17-4)8-13(11)16/h7-8H,5-6,15H2,1-4H3. The normalized spacial score (nSPS) is 11.1. The van der Waals surface area contributed by atoms with E-state index < -0.39 is 0 Å². The third-order valence-corrected chi connectivity index (χ3v) is 3.44. The molecule has 0 saturated carbocycles. The van der Waals surface area contributed by atoms with Crippen molar-refractivity contribution in [1.82, 2.24) is 4.57 Å². The molecular weight excluding hydrogens is 212 g/mol. The Morgan fingerprint density at radius 1 is 1.29 bits per heavy atom. The first kappa shape index (κ1) is 11.8. The van der Waals surface area contributed by atoms with Gasteiger partial charge in [0, 0.05) is 23.7 Å². The van der Waals surface area contributed by atoms with Crippen LogP contribution >= 0.6 is 0 Å². The van der Waals surface area contributed by atoms with Crippen molar-refractivity contribution < 1.29 is 4.74 Å². The number of rotatable bonds is 3. The Balaban J connectivity index is 2.77. The molecule has 17 heavy (non-hydrogen) atoms. The van der Waals surface area contributed by atoms with Gasteiger partial charge >= 0.3 is 0 Å². The van der Waals surface area contributed by atoms with Gasteiger partial charge in [0.25, 0.3) is 0 Å². The number of fused-ring (bicyclic) bond motifs is 1. The molecule has 3 heteroatoms. The predicted octanol–water partition coefficient (Wildman–Crippen LogP) is 3.26. The van der Waals surface area contributed by atoms with Gasteiger partial charge in [0.1, 0.15) is 5.75 Å². The molecule has 0 atom stereocenters. The highest BCUT2D eigenvalue weighted by Gasteiger charge is 2.13. The zero-order chi connectivity index (χ0) is 12.6. The van der Waals surface area contributed by atoms with Crippen molar-refractivity contribution in [2.24, 2.45) is 0 Å². The largest absolute Gasteiger partial charge is 0.495 e. The third-order valence-electron chi connectivity index (χ3n) is 3.44. The Bertz CT molecular complexity index is 555. The Kier molecular flexibility index (Phi) is 3.01. The second kappa shape index (κ2) is 4.32. The topological polar surface area (TPSA) is 40.2 Å². The Labute approximate surface area is 102 Å². The number of aryl methyl sites for hydroxylation is 2. The Hall–Kier alpha value is -1.64. The number of benzene rings is 1. The van der Waals surface area contributed by atoms with Gasteiger partial charge in [0.2, 0.25) is 0 Å².